The van der Waals surface area contributed by atoms with Crippen LogP contribution < -0.4 is 9.47 Å². The summed E-state index contributed by atoms with van der Waals surface area (Å²) in [5.41, 5.74) is 11.1. The summed E-state index contributed by atoms with van der Waals surface area (Å²) in [5.74, 6) is 3.36. The number of rotatable bonds is 5. The molecule has 55 heavy (non-hydrogen) atoms. The maximum atomic E-state index is 6.34. The molecule has 3 aromatic heterocycles. The van der Waals surface area contributed by atoms with Gasteiger partial charge in [0.25, 0.3) is 0 Å². The largest absolute Gasteiger partial charge is 0.456 e. The van der Waals surface area contributed by atoms with Crippen LogP contribution in [-0.2, 0) is 0 Å². The minimum Gasteiger partial charge on any atom is -0.456 e. The van der Waals surface area contributed by atoms with Gasteiger partial charge in [-0.1, -0.05) is 91.0 Å². The van der Waals surface area contributed by atoms with Gasteiger partial charge in [-0.15, -0.1) is 0 Å². The highest BCUT2D eigenvalue weighted by atomic mass is 16.6. The zero-order chi connectivity index (χ0) is 36.3. The summed E-state index contributed by atoms with van der Waals surface area (Å²) in [4.78, 5) is 15.0. The molecule has 258 valence electrons. The normalized spacial score (nSPS) is 11.9. The lowest BCUT2D eigenvalue weighted by Gasteiger charge is -2.21. The van der Waals surface area contributed by atoms with Gasteiger partial charge in [0.15, 0.2) is 28.8 Å². The molecular weight excluding hydrogens is 679 g/mol. The number of nitrogens with zero attached hydrogens (tertiary/aromatic N) is 3. The second kappa shape index (κ2) is 12.5. The summed E-state index contributed by atoms with van der Waals surface area (Å²) >= 11 is 0. The maximum Gasteiger partial charge on any atom is 0.170 e. The predicted octanol–water partition coefficient (Wildman–Crippen LogP) is 13.2. The fourth-order valence-corrected chi connectivity index (χ4v) is 7.50. The molecule has 1 aliphatic rings. The standard InChI is InChI=1S/C49H29N3O3/c1-2-10-30(11-3-1)49-51-41(32-19-21-39-38-12-4-5-16-43(38)53-47(39)28-32)29-42(52-49)35-25-33(24-34(26-35)36-13-8-15-40-37(36)14-9-23-50-40)31-20-22-46-48(27-31)55-45-18-7-6-17-44(45)54-46/h1-29H. The highest BCUT2D eigenvalue weighted by Gasteiger charge is 2.20. The number of benzene rings is 7. The molecule has 0 fully saturated rings. The SMILES string of the molecule is c1ccc(-c2nc(-c3cc(-c4ccc5c(c4)Oc4ccccc4O5)cc(-c4cccc5ncccc45)c3)cc(-c3ccc4c(c3)oc3ccccc34)n2)cc1. The summed E-state index contributed by atoms with van der Waals surface area (Å²) < 4.78 is 18.8. The molecule has 0 radical (unpaired) electrons. The Hall–Kier alpha value is -7.57. The monoisotopic (exact) mass is 707 g/mol. The molecule has 6 nitrogen and oxygen atoms in total. The molecule has 1 aliphatic heterocycles. The average molecular weight is 708 g/mol. The molecule has 10 aromatic rings. The highest BCUT2D eigenvalue weighted by Crippen LogP contribution is 2.47. The van der Waals surface area contributed by atoms with Crippen molar-refractivity contribution in [1.82, 2.24) is 15.0 Å². The molecule has 0 atom stereocenters. The zero-order valence-electron chi connectivity index (χ0n) is 29.3. The molecule has 0 saturated carbocycles. The van der Waals surface area contributed by atoms with Crippen LogP contribution in [0.1, 0.15) is 0 Å². The van der Waals surface area contributed by atoms with E-state index in [0.717, 1.165) is 83.2 Å². The van der Waals surface area contributed by atoms with Gasteiger partial charge in [0.2, 0.25) is 0 Å². The molecule has 0 bridgehead atoms. The Labute approximate surface area is 315 Å². The Kier molecular flexibility index (Phi) is 7.07. The van der Waals surface area contributed by atoms with Gasteiger partial charge in [0, 0.05) is 39.0 Å². The van der Waals surface area contributed by atoms with Crippen LogP contribution in [0, 0.1) is 0 Å². The number of aromatic nitrogens is 3. The van der Waals surface area contributed by atoms with Crippen molar-refractivity contribution in [3.8, 4) is 79.2 Å². The van der Waals surface area contributed by atoms with Crippen molar-refractivity contribution in [2.24, 2.45) is 0 Å². The van der Waals surface area contributed by atoms with Gasteiger partial charge in [-0.3, -0.25) is 4.98 Å². The summed E-state index contributed by atoms with van der Waals surface area (Å²) in [7, 11) is 0. The third-order valence-electron chi connectivity index (χ3n) is 10.2. The van der Waals surface area contributed by atoms with Gasteiger partial charge in [0.1, 0.15) is 11.2 Å². The molecule has 7 aromatic carbocycles. The fourth-order valence-electron chi connectivity index (χ4n) is 7.50. The smallest absolute Gasteiger partial charge is 0.170 e. The van der Waals surface area contributed by atoms with E-state index in [1.54, 1.807) is 0 Å². The average Bonchev–Trinajstić information content (AvgIpc) is 3.63. The van der Waals surface area contributed by atoms with Crippen molar-refractivity contribution in [3.05, 3.63) is 176 Å². The summed E-state index contributed by atoms with van der Waals surface area (Å²) in [6.07, 6.45) is 1.83. The fraction of sp³-hybridized carbons (Fsp3) is 0. The van der Waals surface area contributed by atoms with Crippen molar-refractivity contribution in [3.63, 3.8) is 0 Å². The lowest BCUT2D eigenvalue weighted by molar-refractivity contribution is 0.360. The molecule has 0 N–H and O–H groups in total. The van der Waals surface area contributed by atoms with E-state index in [2.05, 4.69) is 77.8 Å². The number of hydrogen-bond acceptors (Lipinski definition) is 6. The predicted molar refractivity (Wildman–Crippen MR) is 218 cm³/mol. The number of furan rings is 1. The van der Waals surface area contributed by atoms with Gasteiger partial charge in [-0.2, -0.15) is 0 Å². The second-order valence-electron chi connectivity index (χ2n) is 13.6. The Balaban J connectivity index is 1.11. The van der Waals surface area contributed by atoms with Gasteiger partial charge in [-0.05, 0) is 101 Å². The zero-order valence-corrected chi connectivity index (χ0v) is 29.3. The summed E-state index contributed by atoms with van der Waals surface area (Å²) in [6, 6.07) is 57.4. The van der Waals surface area contributed by atoms with Crippen molar-refractivity contribution >= 4 is 32.8 Å². The first-order valence-corrected chi connectivity index (χ1v) is 18.2. The van der Waals surface area contributed by atoms with Crippen LogP contribution in [0.3, 0.4) is 0 Å². The van der Waals surface area contributed by atoms with Crippen LogP contribution in [0.4, 0.5) is 0 Å². The van der Waals surface area contributed by atoms with Gasteiger partial charge >= 0.3 is 0 Å². The Morgan fingerprint density at radius 2 is 1.05 bits per heavy atom. The maximum absolute atomic E-state index is 6.34. The Morgan fingerprint density at radius 1 is 0.364 bits per heavy atom. The minimum absolute atomic E-state index is 0.636. The van der Waals surface area contributed by atoms with Gasteiger partial charge in [0.05, 0.1) is 16.9 Å². The molecule has 6 heteroatoms. The Morgan fingerprint density at radius 3 is 1.95 bits per heavy atom. The summed E-state index contributed by atoms with van der Waals surface area (Å²) in [6.45, 7) is 0. The molecule has 0 saturated heterocycles. The number of fused-ring (bicyclic) bond motifs is 6. The lowest BCUT2D eigenvalue weighted by atomic mass is 9.92. The first-order chi connectivity index (χ1) is 27.2. The quantitative estimate of drug-likeness (QED) is 0.177. The lowest BCUT2D eigenvalue weighted by Crippen LogP contribution is -1.99. The van der Waals surface area contributed by atoms with Crippen molar-refractivity contribution in [2.75, 3.05) is 0 Å². The van der Waals surface area contributed by atoms with Crippen molar-refractivity contribution < 1.29 is 13.9 Å². The van der Waals surface area contributed by atoms with E-state index in [-0.39, 0.29) is 0 Å². The molecule has 0 amide bonds. The van der Waals surface area contributed by atoms with Crippen molar-refractivity contribution in [1.29, 1.82) is 0 Å². The van der Waals surface area contributed by atoms with Crippen LogP contribution in [0.15, 0.2) is 180 Å². The van der Waals surface area contributed by atoms with Crippen LogP contribution in [0.5, 0.6) is 23.0 Å². The van der Waals surface area contributed by atoms with Crippen LogP contribution in [0.2, 0.25) is 0 Å². The number of ether oxygens (including phenoxy) is 2. The van der Waals surface area contributed by atoms with Crippen LogP contribution in [-0.4, -0.2) is 15.0 Å². The summed E-state index contributed by atoms with van der Waals surface area (Å²) in [5, 5.41) is 3.23. The third kappa shape index (κ3) is 5.47. The van der Waals surface area contributed by atoms with Gasteiger partial charge in [-0.25, -0.2) is 9.97 Å². The van der Waals surface area contributed by atoms with E-state index in [1.165, 1.54) is 0 Å². The van der Waals surface area contributed by atoms with Gasteiger partial charge < -0.3 is 13.9 Å². The molecule has 0 unspecified atom stereocenters. The first kappa shape index (κ1) is 31.0. The first-order valence-electron chi connectivity index (χ1n) is 18.2. The Bertz CT molecular complexity index is 3110. The molecule has 4 heterocycles. The molecule has 0 aliphatic carbocycles. The second-order valence-corrected chi connectivity index (χ2v) is 13.6. The number of hydrogen-bond donors (Lipinski definition) is 0. The number of para-hydroxylation sites is 3. The van der Waals surface area contributed by atoms with E-state index >= 15 is 0 Å². The van der Waals surface area contributed by atoms with E-state index in [0.29, 0.717) is 28.8 Å². The van der Waals surface area contributed by atoms with Crippen LogP contribution in [0.25, 0.3) is 89.0 Å². The minimum atomic E-state index is 0.636. The van der Waals surface area contributed by atoms with E-state index in [1.807, 2.05) is 103 Å². The third-order valence-corrected chi connectivity index (χ3v) is 10.2. The molecule has 0 spiro atoms. The van der Waals surface area contributed by atoms with E-state index in [4.69, 9.17) is 23.9 Å². The number of pyridine rings is 1. The van der Waals surface area contributed by atoms with Crippen molar-refractivity contribution in [2.45, 2.75) is 0 Å². The van der Waals surface area contributed by atoms with E-state index in [9.17, 15) is 0 Å². The topological polar surface area (TPSA) is 70.3 Å². The van der Waals surface area contributed by atoms with E-state index < -0.39 is 0 Å². The highest BCUT2D eigenvalue weighted by molar-refractivity contribution is 6.06. The molecular formula is C49H29N3O3. The van der Waals surface area contributed by atoms with Crippen LogP contribution >= 0.6 is 0 Å². The molecule has 11 rings (SSSR count).